The second-order valence-corrected chi connectivity index (χ2v) is 7.85. The zero-order valence-electron chi connectivity index (χ0n) is 17.1. The van der Waals surface area contributed by atoms with Crippen LogP contribution < -0.4 is 10.2 Å². The fraction of sp³-hybridized carbons (Fsp3) is 0.364. The van der Waals surface area contributed by atoms with Crippen molar-refractivity contribution in [2.45, 2.75) is 18.9 Å². The molecule has 1 unspecified atom stereocenters. The highest BCUT2D eigenvalue weighted by molar-refractivity contribution is 6.01. The van der Waals surface area contributed by atoms with Gasteiger partial charge in [0.05, 0.1) is 23.3 Å². The van der Waals surface area contributed by atoms with Gasteiger partial charge in [-0.2, -0.15) is 5.10 Å². The number of anilines is 1. The van der Waals surface area contributed by atoms with Crippen LogP contribution in [0.2, 0.25) is 0 Å². The summed E-state index contributed by atoms with van der Waals surface area (Å²) in [5.74, 6) is -1.03. The van der Waals surface area contributed by atoms with Gasteiger partial charge in [0.15, 0.2) is 0 Å². The van der Waals surface area contributed by atoms with Crippen LogP contribution in [-0.2, 0) is 0 Å². The number of rotatable bonds is 6. The summed E-state index contributed by atoms with van der Waals surface area (Å²) in [5.41, 5.74) is 2.39. The topological polar surface area (TPSA) is 52.9 Å². The number of fused-ring (bicyclic) bond motifs is 1. The average Bonchev–Trinajstić information content (AvgIpc) is 3.36. The summed E-state index contributed by atoms with van der Waals surface area (Å²) in [5, 5.41) is 7.18. The molecule has 1 amide bonds. The standard InChI is InChI=1S/C22H25F2N5O/c1-27(2)11-8-25-22(30)18-14-26-29-10-7-16(13-21(18)29)28-9-3-4-20(28)17-12-15(23)5-6-19(17)24/h5-7,10,12-14,20H,3-4,8-9,11H2,1-2H3,(H,25,30). The van der Waals surface area contributed by atoms with Gasteiger partial charge in [-0.05, 0) is 57.3 Å². The zero-order valence-corrected chi connectivity index (χ0v) is 17.1. The predicted octanol–water partition coefficient (Wildman–Crippen LogP) is 3.25. The summed E-state index contributed by atoms with van der Waals surface area (Å²) in [7, 11) is 3.89. The molecule has 1 aromatic carbocycles. The van der Waals surface area contributed by atoms with Crippen LogP contribution in [-0.4, -0.2) is 54.2 Å². The van der Waals surface area contributed by atoms with Crippen molar-refractivity contribution in [1.29, 1.82) is 0 Å². The Morgan fingerprint density at radius 3 is 2.90 bits per heavy atom. The van der Waals surface area contributed by atoms with Crippen LogP contribution >= 0.6 is 0 Å². The van der Waals surface area contributed by atoms with E-state index in [1.54, 1.807) is 16.9 Å². The van der Waals surface area contributed by atoms with E-state index in [9.17, 15) is 13.6 Å². The minimum atomic E-state index is -0.443. The lowest BCUT2D eigenvalue weighted by molar-refractivity contribution is 0.0952. The molecule has 0 radical (unpaired) electrons. The minimum absolute atomic E-state index is 0.182. The summed E-state index contributed by atoms with van der Waals surface area (Å²) < 4.78 is 29.8. The predicted molar refractivity (Wildman–Crippen MR) is 112 cm³/mol. The molecule has 8 heteroatoms. The van der Waals surface area contributed by atoms with E-state index in [0.29, 0.717) is 23.2 Å². The number of hydrogen-bond acceptors (Lipinski definition) is 4. The van der Waals surface area contributed by atoms with E-state index in [2.05, 4.69) is 15.3 Å². The fourth-order valence-corrected chi connectivity index (χ4v) is 3.98. The van der Waals surface area contributed by atoms with Gasteiger partial charge < -0.3 is 15.1 Å². The molecule has 1 aliphatic rings. The molecule has 1 fully saturated rings. The molecule has 3 aromatic rings. The Morgan fingerprint density at radius 1 is 1.27 bits per heavy atom. The quantitative estimate of drug-likeness (QED) is 0.674. The van der Waals surface area contributed by atoms with E-state index in [4.69, 9.17) is 0 Å². The molecule has 1 N–H and O–H groups in total. The Bertz CT molecular complexity index is 1060. The molecule has 30 heavy (non-hydrogen) atoms. The highest BCUT2D eigenvalue weighted by Gasteiger charge is 2.29. The van der Waals surface area contributed by atoms with Crippen molar-refractivity contribution in [2.75, 3.05) is 38.6 Å². The minimum Gasteiger partial charge on any atom is -0.364 e. The van der Waals surface area contributed by atoms with Crippen molar-refractivity contribution in [3.05, 3.63) is 65.5 Å². The molecule has 1 aliphatic heterocycles. The fourth-order valence-electron chi connectivity index (χ4n) is 3.98. The third-order valence-electron chi connectivity index (χ3n) is 5.50. The van der Waals surface area contributed by atoms with E-state index in [1.807, 2.05) is 31.1 Å². The van der Waals surface area contributed by atoms with E-state index >= 15 is 0 Å². The van der Waals surface area contributed by atoms with Crippen LogP contribution in [0.4, 0.5) is 14.5 Å². The summed E-state index contributed by atoms with van der Waals surface area (Å²) in [6.07, 6.45) is 4.96. The molecule has 2 aromatic heterocycles. The number of halogens is 2. The Hall–Kier alpha value is -3.00. The van der Waals surface area contributed by atoms with Crippen LogP contribution in [0.15, 0.2) is 42.7 Å². The summed E-state index contributed by atoms with van der Waals surface area (Å²) >= 11 is 0. The lowest BCUT2D eigenvalue weighted by Gasteiger charge is -2.27. The highest BCUT2D eigenvalue weighted by Crippen LogP contribution is 2.38. The number of nitrogens with zero attached hydrogens (tertiary/aromatic N) is 4. The molecule has 0 saturated carbocycles. The van der Waals surface area contributed by atoms with Gasteiger partial charge >= 0.3 is 0 Å². The Labute approximate surface area is 174 Å². The van der Waals surface area contributed by atoms with Gasteiger partial charge in [-0.25, -0.2) is 13.3 Å². The second-order valence-electron chi connectivity index (χ2n) is 7.85. The number of benzene rings is 1. The van der Waals surface area contributed by atoms with Gasteiger partial charge in [0.2, 0.25) is 0 Å². The summed E-state index contributed by atoms with van der Waals surface area (Å²) in [6.45, 7) is 2.01. The Morgan fingerprint density at radius 2 is 2.10 bits per heavy atom. The van der Waals surface area contributed by atoms with E-state index in [1.165, 1.54) is 12.1 Å². The van der Waals surface area contributed by atoms with Crippen LogP contribution in [0.25, 0.3) is 5.52 Å². The molecule has 0 spiro atoms. The second kappa shape index (κ2) is 8.39. The molecule has 0 bridgehead atoms. The van der Waals surface area contributed by atoms with E-state index < -0.39 is 11.6 Å². The maximum Gasteiger partial charge on any atom is 0.255 e. The highest BCUT2D eigenvalue weighted by atomic mass is 19.1. The molecular weight excluding hydrogens is 388 g/mol. The number of pyridine rings is 1. The first kappa shape index (κ1) is 20.3. The molecule has 4 rings (SSSR count). The van der Waals surface area contributed by atoms with Crippen LogP contribution in [0.3, 0.4) is 0 Å². The molecule has 158 valence electrons. The van der Waals surface area contributed by atoms with Gasteiger partial charge in [-0.3, -0.25) is 4.79 Å². The number of nitrogens with one attached hydrogen (secondary N) is 1. The Kier molecular flexibility index (Phi) is 5.67. The van der Waals surface area contributed by atoms with Crippen LogP contribution in [0, 0.1) is 11.6 Å². The first-order chi connectivity index (χ1) is 14.4. The van der Waals surface area contributed by atoms with Gasteiger partial charge in [-0.1, -0.05) is 0 Å². The molecular formula is C22H25F2N5O. The van der Waals surface area contributed by atoms with Gasteiger partial charge in [0, 0.05) is 37.1 Å². The summed E-state index contributed by atoms with van der Waals surface area (Å²) in [4.78, 5) is 16.7. The van der Waals surface area contributed by atoms with Gasteiger partial charge in [0.25, 0.3) is 5.91 Å². The van der Waals surface area contributed by atoms with Crippen molar-refractivity contribution in [3.63, 3.8) is 0 Å². The van der Waals surface area contributed by atoms with Gasteiger partial charge in [-0.15, -0.1) is 0 Å². The van der Waals surface area contributed by atoms with Crippen molar-refractivity contribution in [1.82, 2.24) is 19.8 Å². The lowest BCUT2D eigenvalue weighted by Crippen LogP contribution is -2.31. The van der Waals surface area contributed by atoms with Crippen molar-refractivity contribution < 1.29 is 13.6 Å². The van der Waals surface area contributed by atoms with Crippen molar-refractivity contribution >= 4 is 17.1 Å². The number of likely N-dealkylation sites (N-methyl/N-ethyl adjacent to an activating group) is 1. The lowest BCUT2D eigenvalue weighted by atomic mass is 10.0. The first-order valence-electron chi connectivity index (χ1n) is 10.1. The zero-order chi connectivity index (χ0) is 21.3. The molecule has 6 nitrogen and oxygen atoms in total. The largest absolute Gasteiger partial charge is 0.364 e. The number of aromatic nitrogens is 2. The van der Waals surface area contributed by atoms with Crippen LogP contribution in [0.5, 0.6) is 0 Å². The maximum absolute atomic E-state index is 14.4. The van der Waals surface area contributed by atoms with E-state index in [-0.39, 0.29) is 11.9 Å². The molecule has 0 aliphatic carbocycles. The molecule has 1 atom stereocenters. The number of amides is 1. The summed E-state index contributed by atoms with van der Waals surface area (Å²) in [6, 6.07) is 7.13. The monoisotopic (exact) mass is 413 g/mol. The number of carbonyl (C=O) groups is 1. The van der Waals surface area contributed by atoms with Gasteiger partial charge in [0.1, 0.15) is 11.6 Å². The number of carbonyl (C=O) groups excluding carboxylic acids is 1. The SMILES string of the molecule is CN(C)CCNC(=O)c1cnn2ccc(N3CCCC3c3cc(F)ccc3F)cc12. The normalized spacial score (nSPS) is 16.6. The Balaban J connectivity index is 1.63. The first-order valence-corrected chi connectivity index (χ1v) is 10.1. The van der Waals surface area contributed by atoms with Crippen LogP contribution in [0.1, 0.15) is 34.8 Å². The third-order valence-corrected chi connectivity index (χ3v) is 5.50. The maximum atomic E-state index is 14.4. The smallest absolute Gasteiger partial charge is 0.255 e. The average molecular weight is 413 g/mol. The molecule has 1 saturated heterocycles. The van der Waals surface area contributed by atoms with Crippen molar-refractivity contribution in [2.24, 2.45) is 0 Å². The van der Waals surface area contributed by atoms with E-state index in [0.717, 1.165) is 37.7 Å². The van der Waals surface area contributed by atoms with Crippen molar-refractivity contribution in [3.8, 4) is 0 Å². The number of hydrogen-bond donors (Lipinski definition) is 1. The molecule has 3 heterocycles. The third kappa shape index (κ3) is 4.00.